The zero-order chi connectivity index (χ0) is 28.8. The van der Waals surface area contributed by atoms with E-state index in [9.17, 15) is 31.5 Å². The van der Waals surface area contributed by atoms with E-state index >= 15 is 0 Å². The van der Waals surface area contributed by atoms with Gasteiger partial charge in [-0.15, -0.1) is 0 Å². The van der Waals surface area contributed by atoms with Gasteiger partial charge in [-0.1, -0.05) is 11.6 Å². The van der Waals surface area contributed by atoms with Crippen LogP contribution in [-0.2, 0) is 17.5 Å². The third kappa shape index (κ3) is 6.29. The van der Waals surface area contributed by atoms with Crippen molar-refractivity contribution in [1.29, 1.82) is 0 Å². The van der Waals surface area contributed by atoms with Gasteiger partial charge in [0.15, 0.2) is 0 Å². The van der Waals surface area contributed by atoms with Gasteiger partial charge in [0.25, 0.3) is 12.3 Å². The summed E-state index contributed by atoms with van der Waals surface area (Å²) in [7, 11) is 0. The average molecular weight is 585 g/mol. The van der Waals surface area contributed by atoms with Crippen molar-refractivity contribution in [2.24, 2.45) is 0 Å². The molecule has 14 heteroatoms. The number of hydrogen-bond donors (Lipinski definition) is 2. The van der Waals surface area contributed by atoms with Crippen molar-refractivity contribution in [3.63, 3.8) is 0 Å². The molecule has 1 aliphatic heterocycles. The zero-order valence-electron chi connectivity index (χ0n) is 21.3. The maximum Gasteiger partial charge on any atom is 0.433 e. The third-order valence-corrected chi connectivity index (χ3v) is 7.21. The SMILES string of the molecule is CC(=O)N1C[C@@H](NC(=O)c2cn(CC(F)F)nc2C2CC2)C[C@@H](Nc2cc(C(F)(F)F)nc3ccc(Cl)cc23)C1. The van der Waals surface area contributed by atoms with E-state index < -0.39 is 42.8 Å². The fraction of sp³-hybridized carbons (Fsp3) is 0.462. The van der Waals surface area contributed by atoms with Crippen molar-refractivity contribution in [2.45, 2.75) is 63.3 Å². The van der Waals surface area contributed by atoms with E-state index in [4.69, 9.17) is 11.6 Å². The van der Waals surface area contributed by atoms with Crippen LogP contribution in [0.15, 0.2) is 30.5 Å². The molecule has 0 unspecified atom stereocenters. The molecule has 8 nitrogen and oxygen atoms in total. The monoisotopic (exact) mass is 584 g/mol. The van der Waals surface area contributed by atoms with Crippen LogP contribution in [0.25, 0.3) is 10.9 Å². The molecule has 3 heterocycles. The molecule has 1 aromatic carbocycles. The van der Waals surface area contributed by atoms with E-state index in [0.717, 1.165) is 23.6 Å². The largest absolute Gasteiger partial charge is 0.433 e. The molecule has 2 atom stereocenters. The van der Waals surface area contributed by atoms with Crippen molar-refractivity contribution in [3.8, 4) is 0 Å². The molecule has 1 saturated carbocycles. The lowest BCUT2D eigenvalue weighted by Crippen LogP contribution is -2.55. The Morgan fingerprint density at radius 3 is 2.52 bits per heavy atom. The van der Waals surface area contributed by atoms with Crippen molar-refractivity contribution in [1.82, 2.24) is 25.0 Å². The van der Waals surface area contributed by atoms with Crippen LogP contribution >= 0.6 is 11.6 Å². The number of carbonyl (C=O) groups is 2. The maximum atomic E-state index is 13.6. The first-order valence-corrected chi connectivity index (χ1v) is 13.1. The second-order valence-corrected chi connectivity index (χ2v) is 10.6. The van der Waals surface area contributed by atoms with Gasteiger partial charge in [-0.3, -0.25) is 14.3 Å². The minimum Gasteiger partial charge on any atom is -0.380 e. The van der Waals surface area contributed by atoms with Crippen LogP contribution in [0, 0.1) is 0 Å². The van der Waals surface area contributed by atoms with E-state index in [-0.39, 0.29) is 48.1 Å². The minimum atomic E-state index is -4.69. The summed E-state index contributed by atoms with van der Waals surface area (Å²) in [5.74, 6) is -0.742. The number of anilines is 1. The van der Waals surface area contributed by atoms with Crippen LogP contribution in [0.5, 0.6) is 0 Å². The number of nitrogens with one attached hydrogen (secondary N) is 2. The summed E-state index contributed by atoms with van der Waals surface area (Å²) in [6, 6.07) is 4.16. The predicted molar refractivity (Wildman–Crippen MR) is 137 cm³/mol. The standard InChI is InChI=1S/C26H26ClF5N6O2/c1-13(39)37-9-16(33-21-8-22(26(30,31)32)35-20-5-4-15(27)6-18(20)21)7-17(10-37)34-25(40)19-11-38(12-23(28)29)36-24(19)14-2-3-14/h4-6,8,11,14,16-17,23H,2-3,7,9-10,12H2,1H3,(H,33,35)(H,34,40)/t16-,17+/m1/s1. The Bertz CT molecular complexity index is 1440. The van der Waals surface area contributed by atoms with Crippen molar-refractivity contribution in [3.05, 3.63) is 52.4 Å². The van der Waals surface area contributed by atoms with Crippen molar-refractivity contribution in [2.75, 3.05) is 18.4 Å². The zero-order valence-corrected chi connectivity index (χ0v) is 22.1. The molecule has 40 heavy (non-hydrogen) atoms. The smallest absolute Gasteiger partial charge is 0.380 e. The first-order valence-electron chi connectivity index (χ1n) is 12.7. The average Bonchev–Trinajstić information content (AvgIpc) is 3.63. The summed E-state index contributed by atoms with van der Waals surface area (Å²) in [6.45, 7) is 1.10. The molecule has 0 radical (unpaired) electrons. The number of benzene rings is 1. The predicted octanol–water partition coefficient (Wildman–Crippen LogP) is 5.08. The molecule has 1 aliphatic carbocycles. The number of carbonyl (C=O) groups excluding carboxylic acids is 2. The van der Waals surface area contributed by atoms with Gasteiger partial charge in [-0.25, -0.2) is 13.8 Å². The highest BCUT2D eigenvalue weighted by atomic mass is 35.5. The number of rotatable bonds is 7. The molecule has 2 fully saturated rings. The summed E-state index contributed by atoms with van der Waals surface area (Å²) in [4.78, 5) is 30.8. The van der Waals surface area contributed by atoms with Crippen molar-refractivity contribution >= 4 is 40.0 Å². The summed E-state index contributed by atoms with van der Waals surface area (Å²) in [6.07, 6.45) is -4.11. The Morgan fingerprint density at radius 1 is 1.15 bits per heavy atom. The first-order chi connectivity index (χ1) is 18.9. The van der Waals surface area contributed by atoms with Gasteiger partial charge < -0.3 is 15.5 Å². The Balaban J connectivity index is 1.40. The number of nitrogens with zero attached hydrogens (tertiary/aromatic N) is 4. The Morgan fingerprint density at radius 2 is 1.88 bits per heavy atom. The Labute approximate surface area is 230 Å². The molecule has 2 N–H and O–H groups in total. The normalized spacial score (nSPS) is 19.8. The molecule has 0 bridgehead atoms. The van der Waals surface area contributed by atoms with E-state index in [1.54, 1.807) is 0 Å². The Hall–Kier alpha value is -3.48. The number of alkyl halides is 5. The molecule has 0 spiro atoms. The molecule has 5 rings (SSSR count). The fourth-order valence-corrected chi connectivity index (χ4v) is 5.19. The number of piperidine rings is 1. The van der Waals surface area contributed by atoms with Crippen LogP contribution in [0.2, 0.25) is 5.02 Å². The highest BCUT2D eigenvalue weighted by molar-refractivity contribution is 6.31. The number of likely N-dealkylation sites (tertiary alicyclic amines) is 1. The molecular formula is C26H26ClF5N6O2. The summed E-state index contributed by atoms with van der Waals surface area (Å²) >= 11 is 6.11. The number of fused-ring (bicyclic) bond motifs is 1. The Kier molecular flexibility index (Phi) is 7.60. The number of hydrogen-bond acceptors (Lipinski definition) is 5. The summed E-state index contributed by atoms with van der Waals surface area (Å²) < 4.78 is 67.7. The number of halogens is 6. The van der Waals surface area contributed by atoms with E-state index in [0.29, 0.717) is 16.1 Å². The van der Waals surface area contributed by atoms with Crippen LogP contribution < -0.4 is 10.6 Å². The molecule has 214 valence electrons. The van der Waals surface area contributed by atoms with Gasteiger partial charge in [0.05, 0.1) is 16.8 Å². The number of pyridine rings is 1. The lowest BCUT2D eigenvalue weighted by Gasteiger charge is -2.38. The first kappa shape index (κ1) is 28.1. The molecule has 2 aliphatic rings. The van der Waals surface area contributed by atoms with Crippen LogP contribution in [0.3, 0.4) is 0 Å². The van der Waals surface area contributed by atoms with Gasteiger partial charge >= 0.3 is 6.18 Å². The maximum absolute atomic E-state index is 13.6. The fourth-order valence-electron chi connectivity index (χ4n) is 5.02. The van der Waals surface area contributed by atoms with E-state index in [1.165, 1.54) is 36.2 Å². The van der Waals surface area contributed by atoms with Crippen molar-refractivity contribution < 1.29 is 31.5 Å². The number of amides is 2. The second kappa shape index (κ2) is 10.8. The molecular weight excluding hydrogens is 559 g/mol. The minimum absolute atomic E-state index is 0.0313. The molecule has 2 amide bonds. The lowest BCUT2D eigenvalue weighted by atomic mass is 9.99. The quantitative estimate of drug-likeness (QED) is 0.378. The summed E-state index contributed by atoms with van der Waals surface area (Å²) in [5, 5.41) is 10.9. The second-order valence-electron chi connectivity index (χ2n) is 10.2. The third-order valence-electron chi connectivity index (χ3n) is 6.98. The highest BCUT2D eigenvalue weighted by Gasteiger charge is 2.36. The van der Waals surface area contributed by atoms with Gasteiger partial charge in [0.2, 0.25) is 5.91 Å². The van der Waals surface area contributed by atoms with Gasteiger partial charge in [0, 0.05) is 60.3 Å². The lowest BCUT2D eigenvalue weighted by molar-refractivity contribution is -0.140. The highest BCUT2D eigenvalue weighted by Crippen LogP contribution is 2.41. The van der Waals surface area contributed by atoms with Crippen LogP contribution in [0.1, 0.15) is 53.8 Å². The number of aromatic nitrogens is 3. The van der Waals surface area contributed by atoms with Crippen LogP contribution in [0.4, 0.5) is 27.6 Å². The van der Waals surface area contributed by atoms with Crippen LogP contribution in [-0.4, -0.2) is 63.1 Å². The van der Waals surface area contributed by atoms with E-state index in [1.807, 2.05) is 0 Å². The molecule has 1 saturated heterocycles. The topological polar surface area (TPSA) is 92.2 Å². The summed E-state index contributed by atoms with van der Waals surface area (Å²) in [5.41, 5.74) is -0.171. The van der Waals surface area contributed by atoms with Gasteiger partial charge in [-0.2, -0.15) is 18.3 Å². The van der Waals surface area contributed by atoms with Gasteiger partial charge in [0.1, 0.15) is 12.2 Å². The molecule has 3 aromatic rings. The van der Waals surface area contributed by atoms with E-state index in [2.05, 4.69) is 20.7 Å². The van der Waals surface area contributed by atoms with Gasteiger partial charge in [-0.05, 0) is 43.5 Å². The molecule has 2 aromatic heterocycles.